The molecule has 1 aromatic carbocycles. The van der Waals surface area contributed by atoms with Crippen molar-refractivity contribution in [3.05, 3.63) is 34.6 Å². The van der Waals surface area contributed by atoms with Gasteiger partial charge in [0.1, 0.15) is 17.3 Å². The lowest BCUT2D eigenvalue weighted by atomic mass is 9.95. The molecule has 2 rings (SSSR count). The molecule has 1 heterocycles. The molecule has 20 heavy (non-hydrogen) atoms. The molecule has 0 radical (unpaired) electrons. The van der Waals surface area contributed by atoms with E-state index in [1.807, 2.05) is 18.2 Å². The summed E-state index contributed by atoms with van der Waals surface area (Å²) in [6.45, 7) is 9.58. The first-order chi connectivity index (χ1) is 9.34. The summed E-state index contributed by atoms with van der Waals surface area (Å²) in [5.41, 5.74) is 8.27. The molecule has 0 saturated carbocycles. The van der Waals surface area contributed by atoms with Gasteiger partial charge in [0.05, 0.1) is 0 Å². The molecule has 1 aromatic heterocycles. The molecule has 0 aliphatic heterocycles. The number of hydrogen-bond acceptors (Lipinski definition) is 2. The Labute approximate surface area is 129 Å². The second-order valence-corrected chi connectivity index (χ2v) is 7.00. The molecule has 0 unspecified atom stereocenters. The van der Waals surface area contributed by atoms with Gasteiger partial charge in [-0.05, 0) is 18.6 Å². The van der Waals surface area contributed by atoms with E-state index in [4.69, 9.17) is 10.7 Å². The molecule has 0 amide bonds. The Morgan fingerprint density at radius 2 is 2.00 bits per heavy atom. The van der Waals surface area contributed by atoms with Crippen LogP contribution in [-0.2, 0) is 12.0 Å². The molecular weight excluding hydrogens is 314 g/mol. The summed E-state index contributed by atoms with van der Waals surface area (Å²) in [6, 6.07) is 8.12. The average molecular weight is 336 g/mol. The summed E-state index contributed by atoms with van der Waals surface area (Å²) >= 11 is 3.50. The van der Waals surface area contributed by atoms with Crippen LogP contribution in [0, 0.1) is 0 Å². The molecular formula is C16H22BrN3. The van der Waals surface area contributed by atoms with E-state index in [-0.39, 0.29) is 5.41 Å². The fourth-order valence-corrected chi connectivity index (χ4v) is 2.74. The monoisotopic (exact) mass is 335 g/mol. The normalized spacial score (nSPS) is 11.8. The SMILES string of the molecule is CCCn1c(C(C)(C)C)nc(-c2cccc(Br)c2)c1N. The largest absolute Gasteiger partial charge is 0.383 e. The number of hydrogen-bond donors (Lipinski definition) is 1. The van der Waals surface area contributed by atoms with Crippen LogP contribution in [0.4, 0.5) is 5.82 Å². The van der Waals surface area contributed by atoms with Crippen LogP contribution in [0.3, 0.4) is 0 Å². The number of nitrogens with zero attached hydrogens (tertiary/aromatic N) is 2. The van der Waals surface area contributed by atoms with Crippen molar-refractivity contribution >= 4 is 21.7 Å². The summed E-state index contributed by atoms with van der Waals surface area (Å²) < 4.78 is 3.19. The van der Waals surface area contributed by atoms with Gasteiger partial charge in [0.25, 0.3) is 0 Å². The Balaban J connectivity index is 2.61. The second-order valence-electron chi connectivity index (χ2n) is 6.08. The highest BCUT2D eigenvalue weighted by Crippen LogP contribution is 2.33. The lowest BCUT2D eigenvalue weighted by Gasteiger charge is -2.19. The van der Waals surface area contributed by atoms with Gasteiger partial charge in [0.2, 0.25) is 0 Å². The van der Waals surface area contributed by atoms with E-state index in [0.717, 1.165) is 40.3 Å². The Kier molecular flexibility index (Phi) is 4.23. The maximum absolute atomic E-state index is 6.35. The maximum atomic E-state index is 6.35. The topological polar surface area (TPSA) is 43.8 Å². The van der Waals surface area contributed by atoms with Gasteiger partial charge < -0.3 is 10.3 Å². The van der Waals surface area contributed by atoms with E-state index in [2.05, 4.69) is 54.3 Å². The maximum Gasteiger partial charge on any atom is 0.131 e. The fraction of sp³-hybridized carbons (Fsp3) is 0.438. The molecule has 108 valence electrons. The number of rotatable bonds is 3. The van der Waals surface area contributed by atoms with Gasteiger partial charge in [0.15, 0.2) is 0 Å². The lowest BCUT2D eigenvalue weighted by Crippen LogP contribution is -2.19. The van der Waals surface area contributed by atoms with Crippen LogP contribution in [0.25, 0.3) is 11.3 Å². The minimum absolute atomic E-state index is 0.0203. The zero-order valence-corrected chi connectivity index (χ0v) is 14.2. The van der Waals surface area contributed by atoms with E-state index in [9.17, 15) is 0 Å². The first kappa shape index (κ1) is 15.1. The second kappa shape index (κ2) is 5.60. The third-order valence-electron chi connectivity index (χ3n) is 3.22. The Hall–Kier alpha value is -1.29. The summed E-state index contributed by atoms with van der Waals surface area (Å²) in [5, 5.41) is 0. The van der Waals surface area contributed by atoms with Crippen molar-refractivity contribution in [3.8, 4) is 11.3 Å². The zero-order chi connectivity index (χ0) is 14.9. The number of halogens is 1. The van der Waals surface area contributed by atoms with Gasteiger partial charge in [-0.3, -0.25) is 0 Å². The molecule has 2 aromatic rings. The van der Waals surface area contributed by atoms with Gasteiger partial charge >= 0.3 is 0 Å². The number of imidazole rings is 1. The highest BCUT2D eigenvalue weighted by molar-refractivity contribution is 9.10. The minimum Gasteiger partial charge on any atom is -0.383 e. The average Bonchev–Trinajstić information content (AvgIpc) is 2.68. The lowest BCUT2D eigenvalue weighted by molar-refractivity contribution is 0.498. The van der Waals surface area contributed by atoms with Crippen LogP contribution in [0.1, 0.15) is 39.9 Å². The van der Waals surface area contributed by atoms with Crippen LogP contribution >= 0.6 is 15.9 Å². The standard InChI is InChI=1S/C16H22BrN3/c1-5-9-20-14(18)13(19-15(20)16(2,3)4)11-7-6-8-12(17)10-11/h6-8,10H,5,9,18H2,1-4H3. The van der Waals surface area contributed by atoms with E-state index in [1.54, 1.807) is 0 Å². The van der Waals surface area contributed by atoms with Crippen LogP contribution in [-0.4, -0.2) is 9.55 Å². The van der Waals surface area contributed by atoms with Gasteiger partial charge in [-0.25, -0.2) is 4.98 Å². The third-order valence-corrected chi connectivity index (χ3v) is 3.72. The van der Waals surface area contributed by atoms with Crippen molar-refractivity contribution in [1.82, 2.24) is 9.55 Å². The van der Waals surface area contributed by atoms with E-state index >= 15 is 0 Å². The van der Waals surface area contributed by atoms with Crippen molar-refractivity contribution in [2.45, 2.75) is 46.1 Å². The Morgan fingerprint density at radius 1 is 1.30 bits per heavy atom. The first-order valence-electron chi connectivity index (χ1n) is 6.97. The van der Waals surface area contributed by atoms with Crippen LogP contribution < -0.4 is 5.73 Å². The number of aromatic nitrogens is 2. The summed E-state index contributed by atoms with van der Waals surface area (Å²) in [4.78, 5) is 4.83. The van der Waals surface area contributed by atoms with Crippen molar-refractivity contribution in [1.29, 1.82) is 0 Å². The number of benzene rings is 1. The van der Waals surface area contributed by atoms with Gasteiger partial charge in [0, 0.05) is 22.0 Å². The highest BCUT2D eigenvalue weighted by atomic mass is 79.9. The number of nitrogen functional groups attached to an aromatic ring is 1. The Bertz CT molecular complexity index is 609. The number of nitrogens with two attached hydrogens (primary N) is 1. The molecule has 4 heteroatoms. The predicted molar refractivity (Wildman–Crippen MR) is 88.8 cm³/mol. The molecule has 0 aliphatic rings. The third kappa shape index (κ3) is 2.90. The molecule has 0 fully saturated rings. The van der Waals surface area contributed by atoms with Crippen LogP contribution in [0.2, 0.25) is 0 Å². The van der Waals surface area contributed by atoms with Crippen molar-refractivity contribution in [2.75, 3.05) is 5.73 Å². The molecule has 0 atom stereocenters. The molecule has 3 nitrogen and oxygen atoms in total. The van der Waals surface area contributed by atoms with Crippen molar-refractivity contribution in [3.63, 3.8) is 0 Å². The van der Waals surface area contributed by atoms with E-state index in [0.29, 0.717) is 0 Å². The van der Waals surface area contributed by atoms with Gasteiger partial charge in [-0.15, -0.1) is 0 Å². The summed E-state index contributed by atoms with van der Waals surface area (Å²) in [6.07, 6.45) is 1.04. The van der Waals surface area contributed by atoms with Crippen LogP contribution in [0.15, 0.2) is 28.7 Å². The van der Waals surface area contributed by atoms with Crippen LogP contribution in [0.5, 0.6) is 0 Å². The molecule has 0 saturated heterocycles. The smallest absolute Gasteiger partial charge is 0.131 e. The molecule has 2 N–H and O–H groups in total. The van der Waals surface area contributed by atoms with E-state index in [1.165, 1.54) is 0 Å². The fourth-order valence-electron chi connectivity index (χ4n) is 2.34. The van der Waals surface area contributed by atoms with Gasteiger partial charge in [-0.2, -0.15) is 0 Å². The molecule has 0 bridgehead atoms. The highest BCUT2D eigenvalue weighted by Gasteiger charge is 2.25. The quantitative estimate of drug-likeness (QED) is 0.890. The number of anilines is 1. The molecule has 0 spiro atoms. The Morgan fingerprint density at radius 3 is 2.55 bits per heavy atom. The summed E-state index contributed by atoms with van der Waals surface area (Å²) in [7, 11) is 0. The first-order valence-corrected chi connectivity index (χ1v) is 7.76. The van der Waals surface area contributed by atoms with Crippen molar-refractivity contribution in [2.24, 2.45) is 0 Å². The van der Waals surface area contributed by atoms with Crippen molar-refractivity contribution < 1.29 is 0 Å². The summed E-state index contributed by atoms with van der Waals surface area (Å²) in [5.74, 6) is 1.81. The molecule has 0 aliphatic carbocycles. The van der Waals surface area contributed by atoms with E-state index < -0.39 is 0 Å². The predicted octanol–water partition coefficient (Wildman–Crippen LogP) is 4.60. The minimum atomic E-state index is -0.0203. The zero-order valence-electron chi connectivity index (χ0n) is 12.6. The van der Waals surface area contributed by atoms with Gasteiger partial charge in [-0.1, -0.05) is 55.8 Å².